The Morgan fingerprint density at radius 1 is 1.14 bits per heavy atom. The molecule has 4 nitrogen and oxygen atoms in total. The van der Waals surface area contributed by atoms with Crippen LogP contribution in [-0.2, 0) is 16.1 Å². The zero-order chi connectivity index (χ0) is 20.5. The average molecular weight is 419 g/mol. The van der Waals surface area contributed by atoms with E-state index < -0.39 is 6.04 Å². The van der Waals surface area contributed by atoms with Crippen molar-refractivity contribution in [1.29, 1.82) is 0 Å². The highest BCUT2D eigenvalue weighted by Gasteiger charge is 2.28. The lowest BCUT2D eigenvalue weighted by Crippen LogP contribution is -2.48. The molecule has 0 heterocycles. The molecule has 0 radical (unpaired) electrons. The SMILES string of the molecule is CCC(C(=O)NC)N(Cc1ccccc1Cl)C(=O)CCSc1ccc(C)cc1. The number of aryl methyl sites for hydroxylation is 1. The number of benzene rings is 2. The molecule has 0 saturated heterocycles. The van der Waals surface area contributed by atoms with Crippen LogP contribution in [0.3, 0.4) is 0 Å². The smallest absolute Gasteiger partial charge is 0.242 e. The van der Waals surface area contributed by atoms with Gasteiger partial charge in [0.2, 0.25) is 11.8 Å². The fraction of sp³-hybridized carbons (Fsp3) is 0.364. The Morgan fingerprint density at radius 3 is 2.43 bits per heavy atom. The minimum atomic E-state index is -0.516. The van der Waals surface area contributed by atoms with Gasteiger partial charge in [-0.05, 0) is 37.1 Å². The number of likely N-dealkylation sites (N-methyl/N-ethyl adjacent to an activating group) is 1. The molecule has 1 unspecified atom stereocenters. The molecule has 2 aromatic carbocycles. The molecular weight excluding hydrogens is 392 g/mol. The second-order valence-electron chi connectivity index (χ2n) is 6.56. The van der Waals surface area contributed by atoms with Crippen molar-refractivity contribution in [3.8, 4) is 0 Å². The van der Waals surface area contributed by atoms with Crippen molar-refractivity contribution in [2.75, 3.05) is 12.8 Å². The number of hydrogen-bond acceptors (Lipinski definition) is 3. The normalized spacial score (nSPS) is 11.7. The van der Waals surface area contributed by atoms with Crippen molar-refractivity contribution in [2.45, 2.75) is 44.2 Å². The van der Waals surface area contributed by atoms with Gasteiger partial charge in [0.05, 0.1) is 0 Å². The highest BCUT2D eigenvalue weighted by molar-refractivity contribution is 7.99. The number of halogens is 1. The van der Waals surface area contributed by atoms with Crippen LogP contribution in [-0.4, -0.2) is 35.6 Å². The fourth-order valence-electron chi connectivity index (χ4n) is 2.93. The van der Waals surface area contributed by atoms with E-state index in [9.17, 15) is 9.59 Å². The molecule has 150 valence electrons. The summed E-state index contributed by atoms with van der Waals surface area (Å²) in [4.78, 5) is 28.1. The monoisotopic (exact) mass is 418 g/mol. The predicted octanol–water partition coefficient (Wildman–Crippen LogP) is 4.68. The largest absolute Gasteiger partial charge is 0.357 e. The number of rotatable bonds is 9. The van der Waals surface area contributed by atoms with E-state index >= 15 is 0 Å². The van der Waals surface area contributed by atoms with Gasteiger partial charge in [-0.15, -0.1) is 11.8 Å². The summed E-state index contributed by atoms with van der Waals surface area (Å²) < 4.78 is 0. The van der Waals surface area contributed by atoms with Crippen LogP contribution in [0.2, 0.25) is 5.02 Å². The Labute approximate surface area is 176 Å². The Kier molecular flexibility index (Phi) is 8.87. The molecule has 6 heteroatoms. The van der Waals surface area contributed by atoms with E-state index in [-0.39, 0.29) is 11.8 Å². The second kappa shape index (κ2) is 11.1. The summed E-state index contributed by atoms with van der Waals surface area (Å²) in [5.41, 5.74) is 2.05. The van der Waals surface area contributed by atoms with Crippen LogP contribution in [0.1, 0.15) is 30.9 Å². The van der Waals surface area contributed by atoms with Gasteiger partial charge < -0.3 is 10.2 Å². The third-order valence-corrected chi connectivity index (χ3v) is 5.92. The number of carbonyl (C=O) groups is 2. The molecule has 0 aliphatic heterocycles. The first-order valence-corrected chi connectivity index (χ1v) is 10.8. The maximum Gasteiger partial charge on any atom is 0.242 e. The quantitative estimate of drug-likeness (QED) is 0.601. The molecule has 0 aromatic heterocycles. The highest BCUT2D eigenvalue weighted by atomic mass is 35.5. The van der Waals surface area contributed by atoms with E-state index in [2.05, 4.69) is 29.6 Å². The third kappa shape index (κ3) is 6.28. The summed E-state index contributed by atoms with van der Waals surface area (Å²) in [6.45, 7) is 4.28. The van der Waals surface area contributed by atoms with Gasteiger partial charge in [-0.1, -0.05) is 54.4 Å². The summed E-state index contributed by atoms with van der Waals surface area (Å²) in [6.07, 6.45) is 0.900. The molecule has 2 amide bonds. The lowest BCUT2D eigenvalue weighted by molar-refractivity contribution is -0.140. The van der Waals surface area contributed by atoms with E-state index in [4.69, 9.17) is 11.6 Å². The van der Waals surface area contributed by atoms with Gasteiger partial charge in [0.15, 0.2) is 0 Å². The van der Waals surface area contributed by atoms with E-state index in [0.717, 1.165) is 10.5 Å². The van der Waals surface area contributed by atoms with Crippen molar-refractivity contribution in [3.63, 3.8) is 0 Å². The second-order valence-corrected chi connectivity index (χ2v) is 8.14. The molecule has 0 saturated carbocycles. The number of amides is 2. The van der Waals surface area contributed by atoms with E-state index in [1.807, 2.05) is 32.0 Å². The van der Waals surface area contributed by atoms with Gasteiger partial charge in [0.1, 0.15) is 6.04 Å². The number of nitrogens with one attached hydrogen (secondary N) is 1. The number of thioether (sulfide) groups is 1. The average Bonchev–Trinajstić information content (AvgIpc) is 2.70. The van der Waals surface area contributed by atoms with Crippen molar-refractivity contribution in [2.24, 2.45) is 0 Å². The molecule has 28 heavy (non-hydrogen) atoms. The lowest BCUT2D eigenvalue weighted by atomic mass is 10.1. The Morgan fingerprint density at radius 2 is 1.82 bits per heavy atom. The van der Waals surface area contributed by atoms with Crippen molar-refractivity contribution >= 4 is 35.2 Å². The van der Waals surface area contributed by atoms with E-state index in [1.165, 1.54) is 5.56 Å². The maximum atomic E-state index is 13.0. The number of hydrogen-bond donors (Lipinski definition) is 1. The molecule has 2 rings (SSSR count). The first-order chi connectivity index (χ1) is 13.5. The van der Waals surface area contributed by atoms with Gasteiger partial charge in [-0.25, -0.2) is 0 Å². The zero-order valence-electron chi connectivity index (χ0n) is 16.6. The van der Waals surface area contributed by atoms with Gasteiger partial charge >= 0.3 is 0 Å². The van der Waals surface area contributed by atoms with Gasteiger partial charge in [-0.3, -0.25) is 9.59 Å². The van der Waals surface area contributed by atoms with Crippen LogP contribution in [0.25, 0.3) is 0 Å². The fourth-order valence-corrected chi connectivity index (χ4v) is 3.97. The van der Waals surface area contributed by atoms with Crippen molar-refractivity contribution in [3.05, 3.63) is 64.7 Å². The first kappa shape index (κ1) is 22.3. The molecule has 0 bridgehead atoms. The number of carbonyl (C=O) groups excluding carboxylic acids is 2. The molecule has 1 atom stereocenters. The van der Waals surface area contributed by atoms with Gasteiger partial charge in [0, 0.05) is 35.7 Å². The van der Waals surface area contributed by atoms with Crippen molar-refractivity contribution in [1.82, 2.24) is 10.2 Å². The molecule has 1 N–H and O–H groups in total. The van der Waals surface area contributed by atoms with Crippen LogP contribution in [0, 0.1) is 6.92 Å². The lowest BCUT2D eigenvalue weighted by Gasteiger charge is -2.30. The summed E-state index contributed by atoms with van der Waals surface area (Å²) >= 11 is 7.93. The standard InChI is InChI=1S/C22H27ClN2O2S/c1-4-20(22(27)24-3)25(15-17-7-5-6-8-19(17)23)21(26)13-14-28-18-11-9-16(2)10-12-18/h5-12,20H,4,13-15H2,1-3H3,(H,24,27). The summed E-state index contributed by atoms with van der Waals surface area (Å²) in [5.74, 6) is 0.453. The summed E-state index contributed by atoms with van der Waals surface area (Å²) in [6, 6.07) is 15.2. The molecular formula is C22H27ClN2O2S. The summed E-state index contributed by atoms with van der Waals surface area (Å²) in [7, 11) is 1.59. The van der Waals surface area contributed by atoms with Gasteiger partial charge in [0.25, 0.3) is 0 Å². The molecule has 0 spiro atoms. The topological polar surface area (TPSA) is 49.4 Å². The third-order valence-electron chi connectivity index (χ3n) is 4.54. The molecule has 0 fully saturated rings. The Bertz CT molecular complexity index is 795. The van der Waals surface area contributed by atoms with Crippen LogP contribution in [0.4, 0.5) is 0 Å². The first-order valence-electron chi connectivity index (χ1n) is 9.40. The highest BCUT2D eigenvalue weighted by Crippen LogP contribution is 2.23. The van der Waals surface area contributed by atoms with Crippen LogP contribution in [0.5, 0.6) is 0 Å². The molecule has 0 aliphatic carbocycles. The minimum Gasteiger partial charge on any atom is -0.357 e. The Hall–Kier alpha value is -1.98. The summed E-state index contributed by atoms with van der Waals surface area (Å²) in [5, 5.41) is 3.27. The van der Waals surface area contributed by atoms with Crippen LogP contribution < -0.4 is 5.32 Å². The Balaban J connectivity index is 2.10. The zero-order valence-corrected chi connectivity index (χ0v) is 18.1. The van der Waals surface area contributed by atoms with Gasteiger partial charge in [-0.2, -0.15) is 0 Å². The van der Waals surface area contributed by atoms with E-state index in [1.54, 1.807) is 29.8 Å². The minimum absolute atomic E-state index is 0.0463. The molecule has 0 aliphatic rings. The number of nitrogens with zero attached hydrogens (tertiary/aromatic N) is 1. The van der Waals surface area contributed by atoms with Crippen LogP contribution in [0.15, 0.2) is 53.4 Å². The maximum absolute atomic E-state index is 13.0. The van der Waals surface area contributed by atoms with Crippen LogP contribution >= 0.6 is 23.4 Å². The molecule has 2 aromatic rings. The van der Waals surface area contributed by atoms with E-state index in [0.29, 0.717) is 30.2 Å². The predicted molar refractivity (Wildman–Crippen MR) is 117 cm³/mol. The van der Waals surface area contributed by atoms with Crippen molar-refractivity contribution < 1.29 is 9.59 Å².